The van der Waals surface area contributed by atoms with Gasteiger partial charge in [0.2, 0.25) is 0 Å². The van der Waals surface area contributed by atoms with Crippen LogP contribution in [0.15, 0.2) is 12.7 Å². The predicted octanol–water partition coefficient (Wildman–Crippen LogP) is 6.54. The molecule has 1 heteroatoms. The first-order chi connectivity index (χ1) is 11.0. The van der Waals surface area contributed by atoms with Crippen LogP contribution in [0, 0.1) is 12.3 Å². The normalized spacial score (nSPS) is 20.6. The van der Waals surface area contributed by atoms with Crippen molar-refractivity contribution in [1.82, 2.24) is 4.57 Å². The lowest BCUT2D eigenvalue weighted by molar-refractivity contribution is 0.298. The summed E-state index contributed by atoms with van der Waals surface area (Å²) in [5.74, 6) is 0. The summed E-state index contributed by atoms with van der Waals surface area (Å²) >= 11 is 0. The van der Waals surface area contributed by atoms with Crippen LogP contribution in [-0.4, -0.2) is 4.57 Å². The van der Waals surface area contributed by atoms with Crippen molar-refractivity contribution >= 4 is 11.1 Å². The minimum atomic E-state index is 0.306. The molecule has 0 amide bonds. The second kappa shape index (κ2) is 6.34. The third kappa shape index (κ3) is 2.73. The molecule has 0 N–H and O–H groups in total. The molecule has 2 aliphatic rings. The van der Waals surface area contributed by atoms with E-state index in [-0.39, 0.29) is 0 Å². The molecular formula is C22H33N. The second-order valence-corrected chi connectivity index (χ2v) is 7.95. The van der Waals surface area contributed by atoms with Crippen molar-refractivity contribution in [3.05, 3.63) is 35.2 Å². The zero-order chi connectivity index (χ0) is 16.6. The Balaban J connectivity index is 2.08. The number of hydrogen-bond acceptors (Lipinski definition) is 0. The van der Waals surface area contributed by atoms with E-state index in [4.69, 9.17) is 0 Å². The van der Waals surface area contributed by atoms with Crippen LogP contribution in [0.2, 0.25) is 0 Å². The van der Waals surface area contributed by atoms with Gasteiger partial charge in [-0.05, 0) is 68.1 Å². The number of nitrogens with zero attached hydrogens (tertiary/aromatic N) is 1. The van der Waals surface area contributed by atoms with Crippen LogP contribution < -0.4 is 0 Å². The maximum Gasteiger partial charge on any atom is 0.0477 e. The summed E-state index contributed by atoms with van der Waals surface area (Å²) in [5, 5.41) is 0. The Hall–Kier alpha value is -1.24. The average molecular weight is 312 g/mol. The van der Waals surface area contributed by atoms with Crippen molar-refractivity contribution in [3.8, 4) is 0 Å². The fraction of sp³-hybridized carbons (Fsp3) is 0.636. The molecule has 2 heterocycles. The Morgan fingerprint density at radius 3 is 2.57 bits per heavy atom. The molecule has 1 nitrogen and oxygen atoms in total. The third-order valence-electron chi connectivity index (χ3n) is 6.29. The van der Waals surface area contributed by atoms with E-state index in [0.29, 0.717) is 5.41 Å². The van der Waals surface area contributed by atoms with E-state index in [0.717, 1.165) is 6.42 Å². The van der Waals surface area contributed by atoms with Gasteiger partial charge in [-0.1, -0.05) is 45.8 Å². The molecule has 0 atom stereocenters. The van der Waals surface area contributed by atoms with Crippen molar-refractivity contribution in [2.45, 2.75) is 85.6 Å². The highest BCUT2D eigenvalue weighted by molar-refractivity contribution is 5.78. The summed E-state index contributed by atoms with van der Waals surface area (Å²) in [6.45, 7) is 15.1. The van der Waals surface area contributed by atoms with Crippen molar-refractivity contribution in [2.75, 3.05) is 0 Å². The van der Waals surface area contributed by atoms with Crippen LogP contribution in [0.3, 0.4) is 0 Å². The Morgan fingerprint density at radius 2 is 1.91 bits per heavy atom. The highest BCUT2D eigenvalue weighted by atomic mass is 15.0. The lowest BCUT2D eigenvalue weighted by atomic mass is 9.69. The van der Waals surface area contributed by atoms with E-state index >= 15 is 0 Å². The standard InChI is InChI=1S/C22H33N/c1-6-11-16(2)20-17(3)21(23-15-10-12-19(20)23)18(4)22(5)13-8-7-9-14-22/h11H,4,6-10,12-15H2,1-3,5H3/b16-11-. The highest BCUT2D eigenvalue weighted by Crippen LogP contribution is 2.48. The maximum atomic E-state index is 4.64. The van der Waals surface area contributed by atoms with Crippen molar-refractivity contribution < 1.29 is 0 Å². The van der Waals surface area contributed by atoms with Crippen molar-refractivity contribution in [3.63, 3.8) is 0 Å². The Kier molecular flexibility index (Phi) is 4.58. The predicted molar refractivity (Wildman–Crippen MR) is 102 cm³/mol. The zero-order valence-corrected chi connectivity index (χ0v) is 15.6. The van der Waals surface area contributed by atoms with Gasteiger partial charge in [0.25, 0.3) is 0 Å². The molecule has 1 aliphatic heterocycles. The summed E-state index contributed by atoms with van der Waals surface area (Å²) in [5.41, 5.74) is 9.23. The van der Waals surface area contributed by atoms with Gasteiger partial charge in [0.05, 0.1) is 0 Å². The van der Waals surface area contributed by atoms with E-state index in [1.54, 1.807) is 5.69 Å². The van der Waals surface area contributed by atoms with Gasteiger partial charge in [-0.25, -0.2) is 0 Å². The molecule has 0 unspecified atom stereocenters. The van der Waals surface area contributed by atoms with Gasteiger partial charge in [-0.3, -0.25) is 0 Å². The van der Waals surface area contributed by atoms with E-state index < -0.39 is 0 Å². The van der Waals surface area contributed by atoms with E-state index in [1.807, 2.05) is 0 Å². The van der Waals surface area contributed by atoms with Gasteiger partial charge in [0, 0.05) is 23.5 Å². The van der Waals surface area contributed by atoms with Gasteiger partial charge in [-0.15, -0.1) is 0 Å². The van der Waals surface area contributed by atoms with Crippen LogP contribution in [0.4, 0.5) is 0 Å². The van der Waals surface area contributed by atoms with Gasteiger partial charge < -0.3 is 4.57 Å². The van der Waals surface area contributed by atoms with Crippen LogP contribution >= 0.6 is 0 Å². The molecular weight excluding hydrogens is 278 g/mol. The van der Waals surface area contributed by atoms with Gasteiger partial charge in [0.15, 0.2) is 0 Å². The highest BCUT2D eigenvalue weighted by Gasteiger charge is 2.35. The summed E-state index contributed by atoms with van der Waals surface area (Å²) < 4.78 is 2.61. The van der Waals surface area contributed by atoms with Crippen LogP contribution in [0.1, 0.15) is 88.2 Å². The lowest BCUT2D eigenvalue weighted by Crippen LogP contribution is -2.23. The molecule has 3 rings (SSSR count). The van der Waals surface area contributed by atoms with E-state index in [9.17, 15) is 0 Å². The van der Waals surface area contributed by atoms with Crippen LogP contribution in [0.25, 0.3) is 11.1 Å². The first-order valence-corrected chi connectivity index (χ1v) is 9.58. The number of rotatable bonds is 4. The van der Waals surface area contributed by atoms with Crippen molar-refractivity contribution in [1.29, 1.82) is 0 Å². The maximum absolute atomic E-state index is 4.64. The van der Waals surface area contributed by atoms with Crippen LogP contribution in [-0.2, 0) is 13.0 Å². The van der Waals surface area contributed by atoms with Crippen molar-refractivity contribution in [2.24, 2.45) is 5.41 Å². The third-order valence-corrected chi connectivity index (χ3v) is 6.29. The largest absolute Gasteiger partial charge is 0.344 e. The molecule has 1 aliphatic carbocycles. The minimum Gasteiger partial charge on any atom is -0.344 e. The number of allylic oxidation sites excluding steroid dienone is 3. The molecule has 0 radical (unpaired) electrons. The molecule has 1 aromatic heterocycles. The van der Waals surface area contributed by atoms with Crippen LogP contribution in [0.5, 0.6) is 0 Å². The van der Waals surface area contributed by atoms with E-state index in [2.05, 4.69) is 44.9 Å². The smallest absolute Gasteiger partial charge is 0.0477 e. The molecule has 23 heavy (non-hydrogen) atoms. The quantitative estimate of drug-likeness (QED) is 0.595. The molecule has 1 saturated carbocycles. The second-order valence-electron chi connectivity index (χ2n) is 7.95. The fourth-order valence-corrected chi connectivity index (χ4v) is 4.96. The minimum absolute atomic E-state index is 0.306. The molecule has 1 fully saturated rings. The summed E-state index contributed by atoms with van der Waals surface area (Å²) in [7, 11) is 0. The summed E-state index contributed by atoms with van der Waals surface area (Å²) in [4.78, 5) is 0. The zero-order valence-electron chi connectivity index (χ0n) is 15.6. The molecule has 0 spiro atoms. The molecule has 126 valence electrons. The Bertz CT molecular complexity index is 635. The topological polar surface area (TPSA) is 4.93 Å². The van der Waals surface area contributed by atoms with E-state index in [1.165, 1.54) is 79.5 Å². The van der Waals surface area contributed by atoms with Gasteiger partial charge in [-0.2, -0.15) is 0 Å². The fourth-order valence-electron chi connectivity index (χ4n) is 4.96. The Morgan fingerprint density at radius 1 is 1.22 bits per heavy atom. The number of aromatic nitrogens is 1. The van der Waals surface area contributed by atoms with Gasteiger partial charge in [0.1, 0.15) is 0 Å². The first kappa shape index (κ1) is 16.6. The molecule has 1 aromatic rings. The summed E-state index contributed by atoms with van der Waals surface area (Å²) in [6.07, 6.45) is 12.8. The molecule has 0 saturated heterocycles. The average Bonchev–Trinajstić information content (AvgIpc) is 3.07. The monoisotopic (exact) mass is 311 g/mol. The Labute approximate surface area is 142 Å². The summed E-state index contributed by atoms with van der Waals surface area (Å²) in [6, 6.07) is 0. The number of hydrogen-bond donors (Lipinski definition) is 0. The molecule has 0 aromatic carbocycles. The number of fused-ring (bicyclic) bond motifs is 1. The SMILES string of the molecule is C=C(c1c(C)c(/C(C)=C\CC)c2n1CCC2)C1(C)CCCCC1. The lowest BCUT2D eigenvalue weighted by Gasteiger charge is -2.36. The first-order valence-electron chi connectivity index (χ1n) is 9.58. The molecule has 0 bridgehead atoms. The van der Waals surface area contributed by atoms with Gasteiger partial charge >= 0.3 is 0 Å².